The van der Waals surface area contributed by atoms with Crippen LogP contribution in [0.5, 0.6) is 0 Å². The summed E-state index contributed by atoms with van der Waals surface area (Å²) in [6.07, 6.45) is 2.29. The average molecular weight is 316 g/mol. The minimum Gasteiger partial charge on any atom is -0.381 e. The Morgan fingerprint density at radius 3 is 2.71 bits per heavy atom. The molecule has 1 heterocycles. The van der Waals surface area contributed by atoms with Crippen LogP contribution < -0.4 is 5.73 Å². The predicted molar refractivity (Wildman–Crippen MR) is 77.4 cm³/mol. The quantitative estimate of drug-likeness (QED) is 0.925. The van der Waals surface area contributed by atoms with Gasteiger partial charge in [-0.2, -0.15) is 0 Å². The summed E-state index contributed by atoms with van der Waals surface area (Å²) in [6.45, 7) is 2.47. The number of halogens is 1. The van der Waals surface area contributed by atoms with E-state index in [-0.39, 0.29) is 0 Å². The molecule has 0 bridgehead atoms. The van der Waals surface area contributed by atoms with Gasteiger partial charge in [-0.15, -0.1) is 11.8 Å². The molecule has 1 fully saturated rings. The van der Waals surface area contributed by atoms with Gasteiger partial charge in [-0.3, -0.25) is 0 Å². The van der Waals surface area contributed by atoms with Crippen LogP contribution in [0.15, 0.2) is 28.7 Å². The molecule has 1 unspecified atom stereocenters. The Bertz CT molecular complexity index is 355. The Morgan fingerprint density at radius 1 is 1.35 bits per heavy atom. The number of hydrogen-bond acceptors (Lipinski definition) is 3. The summed E-state index contributed by atoms with van der Waals surface area (Å²) in [6, 6.07) is 8.37. The van der Waals surface area contributed by atoms with E-state index in [1.54, 1.807) is 0 Å². The molecule has 4 heteroatoms. The SMILES string of the molecule is NCC(SC1CCOCC1)c1ccccc1Br. The van der Waals surface area contributed by atoms with Gasteiger partial charge in [0, 0.05) is 34.7 Å². The van der Waals surface area contributed by atoms with Gasteiger partial charge >= 0.3 is 0 Å². The lowest BCUT2D eigenvalue weighted by Gasteiger charge is -2.26. The van der Waals surface area contributed by atoms with Crippen LogP contribution in [0.2, 0.25) is 0 Å². The number of rotatable bonds is 4. The highest BCUT2D eigenvalue weighted by Gasteiger charge is 2.21. The number of benzene rings is 1. The van der Waals surface area contributed by atoms with Crippen LogP contribution in [0.1, 0.15) is 23.7 Å². The summed E-state index contributed by atoms with van der Waals surface area (Å²) in [5.41, 5.74) is 7.23. The molecule has 2 nitrogen and oxygen atoms in total. The van der Waals surface area contributed by atoms with Gasteiger partial charge in [0.05, 0.1) is 0 Å². The maximum Gasteiger partial charge on any atom is 0.0476 e. The summed E-state index contributed by atoms with van der Waals surface area (Å²) in [5, 5.41) is 1.07. The number of thioether (sulfide) groups is 1. The molecule has 1 saturated heterocycles. The number of nitrogens with two attached hydrogens (primary N) is 1. The Balaban J connectivity index is 2.03. The largest absolute Gasteiger partial charge is 0.381 e. The zero-order valence-electron chi connectivity index (χ0n) is 9.77. The van der Waals surface area contributed by atoms with E-state index in [2.05, 4.69) is 34.1 Å². The van der Waals surface area contributed by atoms with Crippen molar-refractivity contribution in [3.05, 3.63) is 34.3 Å². The normalized spacial score (nSPS) is 19.2. The first-order valence-electron chi connectivity index (χ1n) is 5.99. The van der Waals surface area contributed by atoms with E-state index < -0.39 is 0 Å². The zero-order chi connectivity index (χ0) is 12.1. The van der Waals surface area contributed by atoms with Crippen LogP contribution in [0.25, 0.3) is 0 Å². The van der Waals surface area contributed by atoms with Gasteiger partial charge < -0.3 is 10.5 Å². The maximum absolute atomic E-state index is 5.92. The lowest BCUT2D eigenvalue weighted by atomic mass is 10.1. The Labute approximate surface area is 115 Å². The van der Waals surface area contributed by atoms with E-state index in [0.717, 1.165) is 30.5 Å². The highest BCUT2D eigenvalue weighted by atomic mass is 79.9. The summed E-state index contributed by atoms with van der Waals surface area (Å²) in [7, 11) is 0. The van der Waals surface area contributed by atoms with Crippen LogP contribution in [-0.4, -0.2) is 25.0 Å². The summed E-state index contributed by atoms with van der Waals surface area (Å²) in [5.74, 6) is 0. The molecule has 0 saturated carbocycles. The van der Waals surface area contributed by atoms with Gasteiger partial charge in [-0.25, -0.2) is 0 Å². The van der Waals surface area contributed by atoms with E-state index in [9.17, 15) is 0 Å². The van der Waals surface area contributed by atoms with E-state index in [1.165, 1.54) is 5.56 Å². The van der Waals surface area contributed by atoms with Gasteiger partial charge in [0.1, 0.15) is 0 Å². The standard InChI is InChI=1S/C13H18BrNOS/c14-12-4-2-1-3-11(12)13(9-15)17-10-5-7-16-8-6-10/h1-4,10,13H,5-9,15H2. The molecule has 94 valence electrons. The van der Waals surface area contributed by atoms with Gasteiger partial charge in [-0.05, 0) is 24.5 Å². The van der Waals surface area contributed by atoms with Crippen molar-refractivity contribution in [1.82, 2.24) is 0 Å². The Morgan fingerprint density at radius 2 is 2.06 bits per heavy atom. The molecule has 1 aromatic carbocycles. The van der Waals surface area contributed by atoms with Crippen molar-refractivity contribution >= 4 is 27.7 Å². The van der Waals surface area contributed by atoms with E-state index >= 15 is 0 Å². The number of ether oxygens (including phenoxy) is 1. The molecule has 1 aliphatic heterocycles. The summed E-state index contributed by atoms with van der Waals surface area (Å²) >= 11 is 5.61. The second-order valence-corrected chi connectivity index (χ2v) is 6.56. The van der Waals surface area contributed by atoms with Crippen LogP contribution >= 0.6 is 27.7 Å². The Kier molecular flexibility index (Phi) is 5.35. The highest BCUT2D eigenvalue weighted by Crippen LogP contribution is 2.38. The molecule has 2 N–H and O–H groups in total. The van der Waals surface area contributed by atoms with E-state index in [1.807, 2.05) is 17.8 Å². The third-order valence-electron chi connectivity index (χ3n) is 2.99. The molecule has 0 amide bonds. The third-order valence-corrected chi connectivity index (χ3v) is 5.34. The van der Waals surface area contributed by atoms with Crippen molar-refractivity contribution in [2.75, 3.05) is 19.8 Å². The Hall–Kier alpha value is -0.0300. The van der Waals surface area contributed by atoms with Gasteiger partial charge in [0.2, 0.25) is 0 Å². The molecular formula is C13H18BrNOS. The van der Waals surface area contributed by atoms with Crippen LogP contribution in [0.3, 0.4) is 0 Å². The van der Waals surface area contributed by atoms with Crippen LogP contribution in [-0.2, 0) is 4.74 Å². The third kappa shape index (κ3) is 3.71. The molecule has 1 aliphatic rings. The molecule has 0 spiro atoms. The van der Waals surface area contributed by atoms with Crippen molar-refractivity contribution in [2.24, 2.45) is 5.73 Å². The first-order valence-corrected chi connectivity index (χ1v) is 7.72. The highest BCUT2D eigenvalue weighted by molar-refractivity contribution is 9.10. The minimum atomic E-state index is 0.383. The number of hydrogen-bond donors (Lipinski definition) is 1. The second-order valence-electron chi connectivity index (χ2n) is 4.19. The average Bonchev–Trinajstić information content (AvgIpc) is 2.38. The van der Waals surface area contributed by atoms with Crippen molar-refractivity contribution in [2.45, 2.75) is 23.3 Å². The van der Waals surface area contributed by atoms with E-state index in [0.29, 0.717) is 17.0 Å². The lowest BCUT2D eigenvalue weighted by molar-refractivity contribution is 0.0999. The summed E-state index contributed by atoms with van der Waals surface area (Å²) in [4.78, 5) is 0. The van der Waals surface area contributed by atoms with Crippen LogP contribution in [0.4, 0.5) is 0 Å². The molecule has 17 heavy (non-hydrogen) atoms. The fourth-order valence-electron chi connectivity index (χ4n) is 2.04. The van der Waals surface area contributed by atoms with Gasteiger partial charge in [0.15, 0.2) is 0 Å². The van der Waals surface area contributed by atoms with Crippen molar-refractivity contribution in [1.29, 1.82) is 0 Å². The van der Waals surface area contributed by atoms with Gasteiger partial charge in [-0.1, -0.05) is 34.1 Å². The summed E-state index contributed by atoms with van der Waals surface area (Å²) < 4.78 is 6.55. The molecule has 0 radical (unpaired) electrons. The van der Waals surface area contributed by atoms with Crippen molar-refractivity contribution in [3.8, 4) is 0 Å². The first-order chi connectivity index (χ1) is 8.31. The first kappa shape index (κ1) is 13.4. The van der Waals surface area contributed by atoms with Crippen LogP contribution in [0, 0.1) is 0 Å². The fraction of sp³-hybridized carbons (Fsp3) is 0.538. The van der Waals surface area contributed by atoms with Gasteiger partial charge in [0.25, 0.3) is 0 Å². The zero-order valence-corrected chi connectivity index (χ0v) is 12.2. The minimum absolute atomic E-state index is 0.383. The van der Waals surface area contributed by atoms with Crippen molar-refractivity contribution < 1.29 is 4.74 Å². The molecular weight excluding hydrogens is 298 g/mol. The predicted octanol–water partition coefficient (Wildman–Crippen LogP) is 3.36. The lowest BCUT2D eigenvalue weighted by Crippen LogP contribution is -2.21. The molecule has 2 rings (SSSR count). The molecule has 0 aliphatic carbocycles. The fourth-order valence-corrected chi connectivity index (χ4v) is 4.14. The molecule has 1 aromatic rings. The smallest absolute Gasteiger partial charge is 0.0476 e. The monoisotopic (exact) mass is 315 g/mol. The maximum atomic E-state index is 5.92. The molecule has 1 atom stereocenters. The second kappa shape index (κ2) is 6.78. The van der Waals surface area contributed by atoms with E-state index in [4.69, 9.17) is 10.5 Å². The molecule has 0 aromatic heterocycles. The topological polar surface area (TPSA) is 35.2 Å². The van der Waals surface area contributed by atoms with Crippen molar-refractivity contribution in [3.63, 3.8) is 0 Å².